The fourth-order valence-corrected chi connectivity index (χ4v) is 3.80. The quantitative estimate of drug-likeness (QED) is 0.809. The van der Waals surface area contributed by atoms with Gasteiger partial charge in [-0.15, -0.1) is 0 Å². The number of rotatable bonds is 2. The lowest BCUT2D eigenvalue weighted by atomic mass is 9.89. The van der Waals surface area contributed by atoms with Gasteiger partial charge in [-0.2, -0.15) is 0 Å². The smallest absolute Gasteiger partial charge is 0.308 e. The van der Waals surface area contributed by atoms with Gasteiger partial charge in [-0.3, -0.25) is 9.69 Å². The van der Waals surface area contributed by atoms with E-state index in [9.17, 15) is 9.90 Å². The molecule has 0 amide bonds. The van der Waals surface area contributed by atoms with Crippen molar-refractivity contribution in [3.63, 3.8) is 0 Å². The second-order valence-corrected chi connectivity index (χ2v) is 6.36. The van der Waals surface area contributed by atoms with E-state index < -0.39 is 5.97 Å². The molecular weight excluding hydrogens is 246 g/mol. The molecule has 0 radical (unpaired) electrons. The molecule has 0 aliphatic carbocycles. The molecule has 3 aliphatic heterocycles. The summed E-state index contributed by atoms with van der Waals surface area (Å²) >= 11 is 0. The molecule has 3 aliphatic rings. The fraction of sp³-hybridized carbons (Fsp3) is 0.929. The maximum absolute atomic E-state index is 11.2. The molecule has 108 valence electrons. The van der Waals surface area contributed by atoms with Gasteiger partial charge >= 0.3 is 5.97 Å². The van der Waals surface area contributed by atoms with Crippen LogP contribution in [0.5, 0.6) is 0 Å². The highest BCUT2D eigenvalue weighted by atomic mass is 16.6. The Morgan fingerprint density at radius 3 is 2.84 bits per heavy atom. The van der Waals surface area contributed by atoms with Crippen LogP contribution in [0, 0.1) is 11.8 Å². The van der Waals surface area contributed by atoms with Gasteiger partial charge in [0.1, 0.15) is 0 Å². The van der Waals surface area contributed by atoms with Gasteiger partial charge in [0.2, 0.25) is 0 Å². The number of likely N-dealkylation sites (tertiary alicyclic amines) is 1. The standard InChI is InChI=1S/C14H23NO4/c1-10-7-15(8-12(10)13(16)17)11-2-4-19-14(6-11)3-5-18-9-14/h10-12H,2-9H2,1H3,(H,16,17)/t10-,11?,12-,14?/m1/s1. The lowest BCUT2D eigenvalue weighted by Gasteiger charge is -2.41. The third kappa shape index (κ3) is 2.51. The summed E-state index contributed by atoms with van der Waals surface area (Å²) in [6.07, 6.45) is 2.99. The third-order valence-electron chi connectivity index (χ3n) is 5.01. The zero-order valence-corrected chi connectivity index (χ0v) is 11.5. The summed E-state index contributed by atoms with van der Waals surface area (Å²) in [6.45, 7) is 5.91. The fourth-order valence-electron chi connectivity index (χ4n) is 3.80. The Morgan fingerprint density at radius 1 is 1.37 bits per heavy atom. The van der Waals surface area contributed by atoms with Crippen molar-refractivity contribution in [1.82, 2.24) is 4.90 Å². The zero-order valence-electron chi connectivity index (χ0n) is 11.5. The Kier molecular flexibility index (Phi) is 3.53. The molecule has 1 spiro atoms. The summed E-state index contributed by atoms with van der Waals surface area (Å²) < 4.78 is 11.4. The number of ether oxygens (including phenoxy) is 2. The molecule has 0 aromatic rings. The van der Waals surface area contributed by atoms with Gasteiger partial charge in [0.15, 0.2) is 0 Å². The predicted octanol–water partition coefficient (Wildman–Crippen LogP) is 0.977. The van der Waals surface area contributed by atoms with Gasteiger partial charge in [-0.1, -0.05) is 6.92 Å². The van der Waals surface area contributed by atoms with Crippen LogP contribution in [0.3, 0.4) is 0 Å². The first-order chi connectivity index (χ1) is 9.10. The average Bonchev–Trinajstić information content (AvgIpc) is 2.97. The molecule has 0 bridgehead atoms. The second-order valence-electron chi connectivity index (χ2n) is 6.36. The van der Waals surface area contributed by atoms with E-state index in [-0.39, 0.29) is 17.4 Å². The van der Waals surface area contributed by atoms with Crippen molar-refractivity contribution in [3.05, 3.63) is 0 Å². The van der Waals surface area contributed by atoms with Crippen molar-refractivity contribution in [2.45, 2.75) is 37.8 Å². The summed E-state index contributed by atoms with van der Waals surface area (Å²) in [5.41, 5.74) is -0.0898. The number of nitrogens with zero attached hydrogens (tertiary/aromatic N) is 1. The van der Waals surface area contributed by atoms with Crippen LogP contribution in [0.4, 0.5) is 0 Å². The van der Waals surface area contributed by atoms with Gasteiger partial charge in [-0.05, 0) is 18.8 Å². The largest absolute Gasteiger partial charge is 0.481 e. The number of carboxylic acids is 1. The molecule has 0 aromatic carbocycles. The normalized spacial score (nSPS) is 43.9. The summed E-state index contributed by atoms with van der Waals surface area (Å²) in [4.78, 5) is 13.6. The lowest BCUT2D eigenvalue weighted by molar-refractivity contribution is -0.142. The van der Waals surface area contributed by atoms with E-state index in [2.05, 4.69) is 4.90 Å². The highest BCUT2D eigenvalue weighted by Crippen LogP contribution is 2.37. The molecule has 0 saturated carbocycles. The van der Waals surface area contributed by atoms with Crippen molar-refractivity contribution in [2.24, 2.45) is 11.8 Å². The van der Waals surface area contributed by atoms with Gasteiger partial charge in [0, 0.05) is 38.8 Å². The summed E-state index contributed by atoms with van der Waals surface area (Å²) in [5.74, 6) is -0.615. The van der Waals surface area contributed by atoms with Crippen molar-refractivity contribution in [3.8, 4) is 0 Å². The van der Waals surface area contributed by atoms with Crippen LogP contribution in [0.2, 0.25) is 0 Å². The Bertz CT molecular complexity index is 353. The van der Waals surface area contributed by atoms with Gasteiger partial charge in [0.25, 0.3) is 0 Å². The van der Waals surface area contributed by atoms with E-state index in [0.717, 1.165) is 39.0 Å². The van der Waals surface area contributed by atoms with Crippen LogP contribution in [0.1, 0.15) is 26.2 Å². The van der Waals surface area contributed by atoms with Crippen LogP contribution < -0.4 is 0 Å². The maximum Gasteiger partial charge on any atom is 0.308 e. The van der Waals surface area contributed by atoms with E-state index in [1.807, 2.05) is 6.92 Å². The molecule has 4 atom stereocenters. The van der Waals surface area contributed by atoms with E-state index in [0.29, 0.717) is 19.2 Å². The summed E-state index contributed by atoms with van der Waals surface area (Å²) in [6, 6.07) is 0.460. The number of carboxylic acid groups (broad SMARTS) is 1. The van der Waals surface area contributed by atoms with Crippen LogP contribution in [0.15, 0.2) is 0 Å². The minimum Gasteiger partial charge on any atom is -0.481 e. The Balaban J connectivity index is 1.65. The molecule has 3 rings (SSSR count). The van der Waals surface area contributed by atoms with E-state index in [1.54, 1.807) is 0 Å². The number of aliphatic carboxylic acids is 1. The summed E-state index contributed by atoms with van der Waals surface area (Å²) in [5, 5.41) is 9.23. The van der Waals surface area contributed by atoms with E-state index in [4.69, 9.17) is 9.47 Å². The Labute approximate surface area is 113 Å². The number of carbonyl (C=O) groups is 1. The first-order valence-corrected chi connectivity index (χ1v) is 7.28. The monoisotopic (exact) mass is 269 g/mol. The van der Waals surface area contributed by atoms with E-state index >= 15 is 0 Å². The molecule has 3 saturated heterocycles. The SMILES string of the molecule is C[C@@H]1CN(C2CCOC3(CCOC3)C2)C[C@H]1C(=O)O. The molecule has 5 heteroatoms. The molecule has 19 heavy (non-hydrogen) atoms. The number of hydrogen-bond donors (Lipinski definition) is 1. The molecule has 3 heterocycles. The molecule has 3 fully saturated rings. The topological polar surface area (TPSA) is 59.0 Å². The molecule has 5 nitrogen and oxygen atoms in total. The minimum atomic E-state index is -0.652. The highest BCUT2D eigenvalue weighted by molar-refractivity contribution is 5.71. The van der Waals surface area contributed by atoms with Crippen LogP contribution in [-0.2, 0) is 14.3 Å². The first kappa shape index (κ1) is 13.3. The van der Waals surface area contributed by atoms with Gasteiger partial charge in [-0.25, -0.2) is 0 Å². The highest BCUT2D eigenvalue weighted by Gasteiger charge is 2.45. The lowest BCUT2D eigenvalue weighted by Crippen LogP contribution is -2.48. The molecule has 1 N–H and O–H groups in total. The minimum absolute atomic E-state index is 0.0898. The van der Waals surface area contributed by atoms with Crippen LogP contribution in [0.25, 0.3) is 0 Å². The first-order valence-electron chi connectivity index (χ1n) is 7.28. The van der Waals surface area contributed by atoms with Gasteiger partial charge in [0.05, 0.1) is 18.1 Å². The van der Waals surface area contributed by atoms with E-state index in [1.165, 1.54) is 0 Å². The third-order valence-corrected chi connectivity index (χ3v) is 5.01. The molecular formula is C14H23NO4. The second kappa shape index (κ2) is 5.04. The van der Waals surface area contributed by atoms with Gasteiger partial charge < -0.3 is 14.6 Å². The van der Waals surface area contributed by atoms with Crippen molar-refractivity contribution < 1.29 is 19.4 Å². The van der Waals surface area contributed by atoms with Crippen molar-refractivity contribution in [1.29, 1.82) is 0 Å². The number of hydrogen-bond acceptors (Lipinski definition) is 4. The van der Waals surface area contributed by atoms with Crippen LogP contribution >= 0.6 is 0 Å². The zero-order chi connectivity index (χ0) is 13.5. The van der Waals surface area contributed by atoms with Crippen LogP contribution in [-0.4, -0.2) is 60.5 Å². The Morgan fingerprint density at radius 2 is 2.21 bits per heavy atom. The van der Waals surface area contributed by atoms with Crippen molar-refractivity contribution in [2.75, 3.05) is 32.9 Å². The maximum atomic E-state index is 11.2. The predicted molar refractivity (Wildman–Crippen MR) is 69.0 cm³/mol. The average molecular weight is 269 g/mol. The van der Waals surface area contributed by atoms with Crippen molar-refractivity contribution >= 4 is 5.97 Å². The molecule has 0 aromatic heterocycles. The summed E-state index contributed by atoms with van der Waals surface area (Å²) in [7, 11) is 0. The molecule has 2 unspecified atom stereocenters. The Hall–Kier alpha value is -0.650.